The number of amidine groups is 1. The van der Waals surface area contributed by atoms with Crippen LogP contribution in [0.2, 0.25) is 0 Å². The number of amides is 2. The maximum atomic E-state index is 12.7. The Labute approximate surface area is 176 Å². The SMILES string of the molecule is CC(C)(C)C1CCC2=C(C1)SC1=NC(CCC(=O)Nc3ccccc3)=NC(=O)C12. The monoisotopic (exact) mass is 409 g/mol. The van der Waals surface area contributed by atoms with Crippen molar-refractivity contribution in [1.29, 1.82) is 0 Å². The molecule has 29 heavy (non-hydrogen) atoms. The van der Waals surface area contributed by atoms with Gasteiger partial charge in [0.2, 0.25) is 5.91 Å². The van der Waals surface area contributed by atoms with Gasteiger partial charge in [0.15, 0.2) is 0 Å². The Kier molecular flexibility index (Phi) is 5.47. The van der Waals surface area contributed by atoms with Crippen LogP contribution in [0.25, 0.3) is 0 Å². The van der Waals surface area contributed by atoms with Crippen molar-refractivity contribution >= 4 is 40.1 Å². The van der Waals surface area contributed by atoms with Crippen LogP contribution in [-0.4, -0.2) is 22.7 Å². The molecule has 152 valence electrons. The highest BCUT2D eigenvalue weighted by Crippen LogP contribution is 2.52. The number of fused-ring (bicyclic) bond motifs is 2. The molecule has 1 aromatic carbocycles. The molecule has 0 saturated heterocycles. The van der Waals surface area contributed by atoms with Gasteiger partial charge in [-0.3, -0.25) is 9.59 Å². The number of carbonyl (C=O) groups excluding carboxylic acids is 2. The van der Waals surface area contributed by atoms with E-state index in [1.807, 2.05) is 30.3 Å². The van der Waals surface area contributed by atoms with E-state index >= 15 is 0 Å². The highest BCUT2D eigenvalue weighted by Gasteiger charge is 2.43. The Morgan fingerprint density at radius 1 is 1.21 bits per heavy atom. The van der Waals surface area contributed by atoms with Gasteiger partial charge in [0, 0.05) is 18.5 Å². The summed E-state index contributed by atoms with van der Waals surface area (Å²) >= 11 is 1.67. The Morgan fingerprint density at radius 2 is 1.97 bits per heavy atom. The van der Waals surface area contributed by atoms with E-state index in [0.717, 1.165) is 30.0 Å². The number of nitrogens with zero attached hydrogens (tertiary/aromatic N) is 2. The van der Waals surface area contributed by atoms with Crippen LogP contribution in [0, 0.1) is 17.3 Å². The maximum absolute atomic E-state index is 12.7. The smallest absolute Gasteiger partial charge is 0.261 e. The lowest BCUT2D eigenvalue weighted by Gasteiger charge is -2.34. The zero-order valence-electron chi connectivity index (χ0n) is 17.2. The van der Waals surface area contributed by atoms with Gasteiger partial charge in [0.1, 0.15) is 11.8 Å². The predicted octanol–water partition coefficient (Wildman–Crippen LogP) is 5.21. The van der Waals surface area contributed by atoms with Crippen LogP contribution < -0.4 is 5.32 Å². The Bertz CT molecular complexity index is 925. The number of carbonyl (C=O) groups is 2. The summed E-state index contributed by atoms with van der Waals surface area (Å²) in [6.45, 7) is 6.88. The van der Waals surface area contributed by atoms with E-state index < -0.39 is 0 Å². The molecular weight excluding hydrogens is 382 g/mol. The minimum Gasteiger partial charge on any atom is -0.326 e. The fourth-order valence-corrected chi connectivity index (χ4v) is 5.58. The summed E-state index contributed by atoms with van der Waals surface area (Å²) in [5, 5.41) is 3.72. The molecule has 2 amide bonds. The van der Waals surface area contributed by atoms with Crippen LogP contribution in [-0.2, 0) is 9.59 Å². The third-order valence-electron chi connectivity index (χ3n) is 5.96. The molecule has 2 atom stereocenters. The Balaban J connectivity index is 1.39. The van der Waals surface area contributed by atoms with E-state index in [9.17, 15) is 9.59 Å². The van der Waals surface area contributed by atoms with Crippen molar-refractivity contribution in [2.24, 2.45) is 27.2 Å². The number of allylic oxidation sites excluding steroid dienone is 1. The molecule has 3 aliphatic rings. The number of aliphatic imine (C=N–C) groups is 2. The van der Waals surface area contributed by atoms with E-state index in [-0.39, 0.29) is 29.6 Å². The van der Waals surface area contributed by atoms with Crippen LogP contribution in [0.3, 0.4) is 0 Å². The second kappa shape index (κ2) is 7.90. The van der Waals surface area contributed by atoms with E-state index in [1.165, 1.54) is 10.5 Å². The predicted molar refractivity (Wildman–Crippen MR) is 119 cm³/mol. The van der Waals surface area contributed by atoms with Crippen LogP contribution in [0.5, 0.6) is 0 Å². The third kappa shape index (κ3) is 4.37. The minimum absolute atomic E-state index is 0.0989. The van der Waals surface area contributed by atoms with Crippen LogP contribution >= 0.6 is 11.8 Å². The summed E-state index contributed by atoms with van der Waals surface area (Å²) in [6, 6.07) is 9.35. The lowest BCUT2D eigenvalue weighted by Crippen LogP contribution is -2.28. The number of nitrogens with one attached hydrogen (secondary N) is 1. The number of hydrogen-bond acceptors (Lipinski definition) is 4. The summed E-state index contributed by atoms with van der Waals surface area (Å²) in [7, 11) is 0. The molecule has 2 unspecified atom stereocenters. The average Bonchev–Trinajstić information content (AvgIpc) is 3.04. The number of rotatable bonds is 4. The molecule has 5 nitrogen and oxygen atoms in total. The number of benzene rings is 1. The second-order valence-electron chi connectivity index (χ2n) is 9.02. The van der Waals surface area contributed by atoms with E-state index in [0.29, 0.717) is 18.2 Å². The zero-order chi connectivity index (χ0) is 20.6. The molecule has 0 spiro atoms. The largest absolute Gasteiger partial charge is 0.326 e. The summed E-state index contributed by atoms with van der Waals surface area (Å²) in [6.07, 6.45) is 3.74. The molecule has 1 N–H and O–H groups in total. The van der Waals surface area contributed by atoms with E-state index in [4.69, 9.17) is 0 Å². The van der Waals surface area contributed by atoms with Gasteiger partial charge < -0.3 is 5.32 Å². The van der Waals surface area contributed by atoms with E-state index in [2.05, 4.69) is 36.1 Å². The van der Waals surface area contributed by atoms with Gasteiger partial charge in [-0.1, -0.05) is 50.7 Å². The van der Waals surface area contributed by atoms with Crippen molar-refractivity contribution in [3.05, 3.63) is 40.8 Å². The first kappa shape index (κ1) is 20.1. The summed E-state index contributed by atoms with van der Waals surface area (Å²) < 4.78 is 0. The van der Waals surface area contributed by atoms with Crippen molar-refractivity contribution in [3.63, 3.8) is 0 Å². The van der Waals surface area contributed by atoms with Gasteiger partial charge in [-0.2, -0.15) is 4.99 Å². The topological polar surface area (TPSA) is 70.9 Å². The highest BCUT2D eigenvalue weighted by atomic mass is 32.2. The van der Waals surface area contributed by atoms with Gasteiger partial charge in [0.25, 0.3) is 5.91 Å². The molecule has 0 fully saturated rings. The number of para-hydroxylation sites is 1. The summed E-state index contributed by atoms with van der Waals surface area (Å²) in [5.74, 6) is 0.632. The molecule has 1 aliphatic carbocycles. The van der Waals surface area contributed by atoms with E-state index in [1.54, 1.807) is 11.8 Å². The average molecular weight is 410 g/mol. The van der Waals surface area contributed by atoms with Crippen molar-refractivity contribution in [2.75, 3.05) is 5.32 Å². The first-order valence-electron chi connectivity index (χ1n) is 10.3. The molecular formula is C23H27N3O2S. The van der Waals surface area contributed by atoms with Crippen LogP contribution in [0.15, 0.2) is 50.8 Å². The number of anilines is 1. The standard InChI is InChI=1S/C23H27N3O2S/c1-23(2,3)14-9-10-16-17(13-14)29-22-20(16)21(28)25-18(26-22)11-12-19(27)24-15-7-5-4-6-8-15/h4-8,14,20H,9-13H2,1-3H3,(H,24,27). The molecule has 6 heteroatoms. The fraction of sp³-hybridized carbons (Fsp3) is 0.478. The quantitative estimate of drug-likeness (QED) is 0.742. The molecule has 0 saturated carbocycles. The zero-order valence-corrected chi connectivity index (χ0v) is 18.0. The lowest BCUT2D eigenvalue weighted by atomic mass is 9.71. The Morgan fingerprint density at radius 3 is 2.69 bits per heavy atom. The molecule has 2 aliphatic heterocycles. The van der Waals surface area contributed by atoms with Gasteiger partial charge in [-0.05, 0) is 53.2 Å². The molecule has 1 aromatic rings. The first-order valence-corrected chi connectivity index (χ1v) is 11.1. The fourth-order valence-electron chi connectivity index (χ4n) is 4.18. The van der Waals surface area contributed by atoms with Crippen LogP contribution in [0.1, 0.15) is 52.9 Å². The van der Waals surface area contributed by atoms with Crippen LogP contribution in [0.4, 0.5) is 5.69 Å². The highest BCUT2D eigenvalue weighted by molar-refractivity contribution is 8.17. The Hall–Kier alpha value is -2.21. The maximum Gasteiger partial charge on any atom is 0.261 e. The van der Waals surface area contributed by atoms with Crippen molar-refractivity contribution in [2.45, 2.75) is 52.9 Å². The van der Waals surface area contributed by atoms with Gasteiger partial charge in [-0.15, -0.1) is 0 Å². The molecule has 0 bridgehead atoms. The molecule has 4 rings (SSSR count). The lowest BCUT2D eigenvalue weighted by molar-refractivity contribution is -0.119. The molecule has 0 radical (unpaired) electrons. The third-order valence-corrected chi connectivity index (χ3v) is 7.17. The van der Waals surface area contributed by atoms with Crippen molar-refractivity contribution < 1.29 is 9.59 Å². The first-order chi connectivity index (χ1) is 13.8. The minimum atomic E-state index is -0.266. The summed E-state index contributed by atoms with van der Waals surface area (Å²) in [4.78, 5) is 35.1. The number of hydrogen-bond donors (Lipinski definition) is 1. The second-order valence-corrected chi connectivity index (χ2v) is 10.1. The summed E-state index contributed by atoms with van der Waals surface area (Å²) in [5.41, 5.74) is 2.28. The molecule has 2 heterocycles. The van der Waals surface area contributed by atoms with Gasteiger partial charge in [0.05, 0.1) is 5.04 Å². The normalized spacial score (nSPS) is 23.9. The van der Waals surface area contributed by atoms with Crippen molar-refractivity contribution in [1.82, 2.24) is 0 Å². The van der Waals surface area contributed by atoms with Crippen molar-refractivity contribution in [3.8, 4) is 0 Å². The molecule has 0 aromatic heterocycles. The van der Waals surface area contributed by atoms with Gasteiger partial charge in [-0.25, -0.2) is 4.99 Å². The van der Waals surface area contributed by atoms with Gasteiger partial charge >= 0.3 is 0 Å². The number of thioether (sulfide) groups is 1.